The van der Waals surface area contributed by atoms with Crippen LogP contribution >= 0.6 is 27.5 Å². The minimum Gasteiger partial charge on any atom is -0.323 e. The second kappa shape index (κ2) is 8.58. The molecule has 1 amide bonds. The second-order valence-corrected chi connectivity index (χ2v) is 7.55. The normalized spacial score (nSPS) is 11.7. The molecule has 0 fully saturated rings. The first-order chi connectivity index (χ1) is 13.6. The lowest BCUT2D eigenvalue weighted by Gasteiger charge is -2.05. The van der Waals surface area contributed by atoms with E-state index in [9.17, 15) is 18.0 Å². The van der Waals surface area contributed by atoms with Crippen LogP contribution in [-0.2, 0) is 24.1 Å². The van der Waals surface area contributed by atoms with Gasteiger partial charge in [0.15, 0.2) is 5.69 Å². The standard InChI is InChI=1S/C18H16BrClF3N5O/c1-11-16(19)17(18(21,22)23)26-28(11)6-5-15(29)25-14-8-24-27(10-14)9-12-3-2-4-13(20)7-12/h2-4,7-8,10H,5-6,9H2,1H3,(H,25,29). The number of carbonyl (C=O) groups is 1. The Balaban J connectivity index is 1.57. The molecule has 11 heteroatoms. The molecule has 3 rings (SSSR count). The van der Waals surface area contributed by atoms with Crippen LogP contribution in [0.2, 0.25) is 5.02 Å². The Hall–Kier alpha value is -2.33. The van der Waals surface area contributed by atoms with E-state index in [0.717, 1.165) is 10.2 Å². The number of aryl methyl sites for hydroxylation is 1. The van der Waals surface area contributed by atoms with E-state index < -0.39 is 11.9 Å². The van der Waals surface area contributed by atoms with Crippen molar-refractivity contribution in [3.8, 4) is 0 Å². The number of amides is 1. The van der Waals surface area contributed by atoms with E-state index in [1.807, 2.05) is 18.2 Å². The Morgan fingerprint density at radius 3 is 2.76 bits per heavy atom. The number of hydrogen-bond donors (Lipinski definition) is 1. The summed E-state index contributed by atoms with van der Waals surface area (Å²) in [4.78, 5) is 12.2. The summed E-state index contributed by atoms with van der Waals surface area (Å²) in [6.07, 6.45) is -1.43. The van der Waals surface area contributed by atoms with Crippen molar-refractivity contribution >= 4 is 39.1 Å². The number of rotatable bonds is 6. The number of benzene rings is 1. The van der Waals surface area contributed by atoms with Gasteiger partial charge >= 0.3 is 6.18 Å². The molecule has 6 nitrogen and oxygen atoms in total. The van der Waals surface area contributed by atoms with E-state index in [-0.39, 0.29) is 23.3 Å². The van der Waals surface area contributed by atoms with Crippen molar-refractivity contribution in [2.45, 2.75) is 32.6 Å². The van der Waals surface area contributed by atoms with Crippen LogP contribution in [0.3, 0.4) is 0 Å². The van der Waals surface area contributed by atoms with E-state index in [0.29, 0.717) is 22.9 Å². The Morgan fingerprint density at radius 1 is 1.34 bits per heavy atom. The van der Waals surface area contributed by atoms with Crippen molar-refractivity contribution in [3.63, 3.8) is 0 Å². The first-order valence-corrected chi connectivity index (χ1v) is 9.67. The number of carbonyl (C=O) groups excluding carboxylic acids is 1. The van der Waals surface area contributed by atoms with Gasteiger partial charge in [-0.05, 0) is 40.5 Å². The largest absolute Gasteiger partial charge is 0.436 e. The quantitative estimate of drug-likeness (QED) is 0.535. The van der Waals surface area contributed by atoms with Gasteiger partial charge in [0.2, 0.25) is 5.91 Å². The van der Waals surface area contributed by atoms with Crippen LogP contribution in [0.25, 0.3) is 0 Å². The summed E-state index contributed by atoms with van der Waals surface area (Å²) < 4.78 is 41.4. The average Bonchev–Trinajstić information content (AvgIpc) is 3.18. The lowest BCUT2D eigenvalue weighted by atomic mass is 10.2. The molecule has 154 valence electrons. The summed E-state index contributed by atoms with van der Waals surface area (Å²) in [6, 6.07) is 7.34. The number of alkyl halides is 3. The fourth-order valence-corrected chi connectivity index (χ4v) is 3.41. The van der Waals surface area contributed by atoms with Crippen LogP contribution in [0.1, 0.15) is 23.4 Å². The molecule has 0 aliphatic carbocycles. The molecule has 0 saturated heterocycles. The minimum atomic E-state index is -4.56. The molecule has 2 heterocycles. The third-order valence-corrected chi connectivity index (χ3v) is 5.29. The maximum Gasteiger partial charge on any atom is 0.436 e. The van der Waals surface area contributed by atoms with Crippen molar-refractivity contribution in [1.82, 2.24) is 19.6 Å². The third kappa shape index (κ3) is 5.39. The summed E-state index contributed by atoms with van der Waals surface area (Å²) in [7, 11) is 0. The van der Waals surface area contributed by atoms with Gasteiger partial charge < -0.3 is 5.32 Å². The summed E-state index contributed by atoms with van der Waals surface area (Å²) in [5.74, 6) is -0.355. The van der Waals surface area contributed by atoms with E-state index in [1.165, 1.54) is 13.1 Å². The number of hydrogen-bond acceptors (Lipinski definition) is 3. The van der Waals surface area contributed by atoms with E-state index >= 15 is 0 Å². The van der Waals surface area contributed by atoms with Crippen LogP contribution < -0.4 is 5.32 Å². The van der Waals surface area contributed by atoms with Gasteiger partial charge in [-0.1, -0.05) is 23.7 Å². The Kier molecular flexibility index (Phi) is 6.33. The number of anilines is 1. The van der Waals surface area contributed by atoms with Crippen molar-refractivity contribution in [2.75, 3.05) is 5.32 Å². The van der Waals surface area contributed by atoms with Crippen LogP contribution in [0, 0.1) is 6.92 Å². The summed E-state index contributed by atoms with van der Waals surface area (Å²) in [5, 5.41) is 11.0. The number of aromatic nitrogens is 4. The van der Waals surface area contributed by atoms with Crippen LogP contribution in [0.4, 0.5) is 18.9 Å². The second-order valence-electron chi connectivity index (χ2n) is 6.32. The molecule has 0 saturated carbocycles. The van der Waals surface area contributed by atoms with Crippen LogP contribution in [0.5, 0.6) is 0 Å². The van der Waals surface area contributed by atoms with Gasteiger partial charge in [0, 0.05) is 17.6 Å². The van der Waals surface area contributed by atoms with Crippen molar-refractivity contribution < 1.29 is 18.0 Å². The Morgan fingerprint density at radius 2 is 2.10 bits per heavy atom. The molecule has 0 aliphatic rings. The molecule has 0 atom stereocenters. The molecule has 1 aromatic carbocycles. The van der Waals surface area contributed by atoms with Gasteiger partial charge in [0.25, 0.3) is 0 Å². The van der Waals surface area contributed by atoms with Gasteiger partial charge in [-0.15, -0.1) is 0 Å². The monoisotopic (exact) mass is 489 g/mol. The van der Waals surface area contributed by atoms with Gasteiger partial charge in [-0.3, -0.25) is 14.2 Å². The Bertz CT molecular complexity index is 1030. The van der Waals surface area contributed by atoms with Gasteiger partial charge in [0.05, 0.1) is 35.1 Å². The Labute approximate surface area is 177 Å². The molecular formula is C18H16BrClF3N5O. The molecule has 2 aromatic heterocycles. The highest BCUT2D eigenvalue weighted by atomic mass is 79.9. The summed E-state index contributed by atoms with van der Waals surface area (Å²) >= 11 is 8.87. The average molecular weight is 491 g/mol. The minimum absolute atomic E-state index is 0.0169. The molecule has 29 heavy (non-hydrogen) atoms. The van der Waals surface area contributed by atoms with E-state index in [2.05, 4.69) is 31.4 Å². The SMILES string of the molecule is Cc1c(Br)c(C(F)(F)F)nn1CCC(=O)Nc1cnn(Cc2cccc(Cl)c2)c1. The third-order valence-electron chi connectivity index (χ3n) is 4.10. The van der Waals surface area contributed by atoms with Gasteiger partial charge in [-0.25, -0.2) is 0 Å². The molecule has 0 aliphatic heterocycles. The zero-order chi connectivity index (χ0) is 21.2. The van der Waals surface area contributed by atoms with E-state index in [1.54, 1.807) is 16.9 Å². The predicted molar refractivity (Wildman–Crippen MR) is 106 cm³/mol. The van der Waals surface area contributed by atoms with Crippen molar-refractivity contribution in [3.05, 3.63) is 63.1 Å². The highest BCUT2D eigenvalue weighted by Gasteiger charge is 2.37. The summed E-state index contributed by atoms with van der Waals surface area (Å²) in [5.41, 5.74) is 0.752. The maximum atomic E-state index is 12.9. The number of halogens is 5. The highest BCUT2D eigenvalue weighted by Crippen LogP contribution is 2.35. The fourth-order valence-electron chi connectivity index (χ4n) is 2.69. The first kappa shape index (κ1) is 21.4. The first-order valence-electron chi connectivity index (χ1n) is 8.50. The predicted octanol–water partition coefficient (Wildman–Crippen LogP) is 4.90. The number of nitrogens with zero attached hydrogens (tertiary/aromatic N) is 4. The van der Waals surface area contributed by atoms with Crippen LogP contribution in [-0.4, -0.2) is 25.5 Å². The zero-order valence-corrected chi connectivity index (χ0v) is 17.5. The fraction of sp³-hybridized carbons (Fsp3) is 0.278. The molecule has 0 bridgehead atoms. The molecule has 0 radical (unpaired) electrons. The lowest BCUT2D eigenvalue weighted by molar-refractivity contribution is -0.142. The van der Waals surface area contributed by atoms with Gasteiger partial charge in [0.1, 0.15) is 0 Å². The smallest absolute Gasteiger partial charge is 0.323 e. The maximum absolute atomic E-state index is 12.9. The zero-order valence-electron chi connectivity index (χ0n) is 15.2. The lowest BCUT2D eigenvalue weighted by Crippen LogP contribution is -2.16. The van der Waals surface area contributed by atoms with E-state index in [4.69, 9.17) is 11.6 Å². The highest BCUT2D eigenvalue weighted by molar-refractivity contribution is 9.10. The van der Waals surface area contributed by atoms with Gasteiger partial charge in [-0.2, -0.15) is 23.4 Å². The molecule has 0 spiro atoms. The van der Waals surface area contributed by atoms with Crippen molar-refractivity contribution in [1.29, 1.82) is 0 Å². The van der Waals surface area contributed by atoms with Crippen molar-refractivity contribution in [2.24, 2.45) is 0 Å². The molecular weight excluding hydrogens is 475 g/mol. The molecule has 3 aromatic rings. The number of nitrogens with one attached hydrogen (secondary N) is 1. The molecule has 0 unspecified atom stereocenters. The summed E-state index contributed by atoms with van der Waals surface area (Å²) in [6.45, 7) is 2.00. The van der Waals surface area contributed by atoms with Crippen LogP contribution in [0.15, 0.2) is 41.1 Å². The topological polar surface area (TPSA) is 64.7 Å². The molecule has 1 N–H and O–H groups in total.